The van der Waals surface area contributed by atoms with E-state index in [9.17, 15) is 19.2 Å². The number of unbranched alkanes of at least 4 members (excludes halogenated alkanes) is 3. The third-order valence-electron chi connectivity index (χ3n) is 7.03. The lowest BCUT2D eigenvalue weighted by Gasteiger charge is -2.10. The summed E-state index contributed by atoms with van der Waals surface area (Å²) in [6.07, 6.45) is 5.47. The van der Waals surface area contributed by atoms with Gasteiger partial charge in [-0.2, -0.15) is 0 Å². The van der Waals surface area contributed by atoms with Gasteiger partial charge in [-0.05, 0) is 91.9 Å². The van der Waals surface area contributed by atoms with Gasteiger partial charge in [-0.3, -0.25) is 14.4 Å². The van der Waals surface area contributed by atoms with Crippen LogP contribution in [0.1, 0.15) is 75.9 Å². The molecule has 0 unspecified atom stereocenters. The van der Waals surface area contributed by atoms with Crippen LogP contribution in [0.5, 0.6) is 0 Å². The Kier molecular flexibility index (Phi) is 14.6. The zero-order valence-corrected chi connectivity index (χ0v) is 25.2. The van der Waals surface area contributed by atoms with Crippen molar-refractivity contribution in [2.45, 2.75) is 58.0 Å². The number of nitrogens with two attached hydrogens (primary N) is 2. The highest BCUT2D eigenvalue weighted by atomic mass is 16.2. The Balaban J connectivity index is 1.38. The van der Waals surface area contributed by atoms with E-state index in [0.717, 1.165) is 48.8 Å². The number of carbonyl (C=O) groups excluding carboxylic acids is 4. The Labute approximate surface area is 259 Å². The van der Waals surface area contributed by atoms with Gasteiger partial charge in [0.15, 0.2) is 0 Å². The molecule has 3 rings (SSSR count). The Bertz CT molecular complexity index is 1240. The number of urea groups is 1. The smallest absolute Gasteiger partial charge is 0.319 e. The Hall–Kier alpha value is -4.54. The number of Topliss-reactive ketones (excluding diaryl/α,β-unsaturated/α-hetero) is 1. The predicted octanol–water partition coefficient (Wildman–Crippen LogP) is 4.04. The van der Waals surface area contributed by atoms with E-state index in [2.05, 4.69) is 21.3 Å². The molecule has 234 valence electrons. The molecular weight excluding hydrogens is 556 g/mol. The second-order valence-corrected chi connectivity index (χ2v) is 10.6. The quantitative estimate of drug-likeness (QED) is 0.120. The number of carbonyl (C=O) groups is 4. The van der Waals surface area contributed by atoms with Crippen molar-refractivity contribution in [1.82, 2.24) is 16.0 Å². The number of hydrogen-bond acceptors (Lipinski definition) is 6. The minimum Gasteiger partial charge on any atom is -0.348 e. The first kappa shape index (κ1) is 34.0. The maximum absolute atomic E-state index is 12.6. The fourth-order valence-electron chi connectivity index (χ4n) is 4.43. The second kappa shape index (κ2) is 18.9. The van der Waals surface area contributed by atoms with E-state index in [4.69, 9.17) is 11.5 Å². The van der Waals surface area contributed by atoms with Crippen molar-refractivity contribution < 1.29 is 19.2 Å². The second-order valence-electron chi connectivity index (χ2n) is 10.6. The van der Waals surface area contributed by atoms with Gasteiger partial charge in [0.2, 0.25) is 0 Å². The molecule has 0 bridgehead atoms. The summed E-state index contributed by atoms with van der Waals surface area (Å²) in [5, 5.41) is 11.3. The molecule has 4 amide bonds. The summed E-state index contributed by atoms with van der Waals surface area (Å²) in [5.74, 6) is -0.281. The normalized spacial score (nSPS) is 10.6. The van der Waals surface area contributed by atoms with Crippen LogP contribution in [0.3, 0.4) is 0 Å². The number of nitrogens with one attached hydrogen (secondary N) is 4. The molecule has 3 aromatic rings. The van der Waals surface area contributed by atoms with Gasteiger partial charge in [0.05, 0.1) is 0 Å². The van der Waals surface area contributed by atoms with Crippen molar-refractivity contribution in [2.75, 3.05) is 25.0 Å². The topological polar surface area (TPSA) is 168 Å². The lowest BCUT2D eigenvalue weighted by atomic mass is 10.0. The van der Waals surface area contributed by atoms with Gasteiger partial charge in [-0.15, -0.1) is 0 Å². The Morgan fingerprint density at radius 2 is 1.05 bits per heavy atom. The van der Waals surface area contributed by atoms with Crippen LogP contribution in [-0.4, -0.2) is 43.3 Å². The molecule has 10 heteroatoms. The summed E-state index contributed by atoms with van der Waals surface area (Å²) in [6, 6.07) is 21.1. The summed E-state index contributed by atoms with van der Waals surface area (Å²) < 4.78 is 0. The zero-order chi connectivity index (χ0) is 31.6. The standard InChI is InChI=1S/C34H44N6O4/c35-19-3-1-2-6-31(41)22-25-7-9-26(10-8-25)23-38-32(42)28-13-15-29(16-14-28)33(43)39-24-27-11-17-30(18-12-27)40-34(44)37-21-5-4-20-36/h7-18H,1-6,19-24,35-36H2,(H,38,42)(H,39,43)(H2,37,40,44). The summed E-state index contributed by atoms with van der Waals surface area (Å²) in [6.45, 7) is 2.49. The molecule has 0 aliphatic rings. The summed E-state index contributed by atoms with van der Waals surface area (Å²) in [4.78, 5) is 49.4. The molecule has 0 aromatic heterocycles. The van der Waals surface area contributed by atoms with Crippen molar-refractivity contribution in [3.05, 3.63) is 101 Å². The van der Waals surface area contributed by atoms with Gasteiger partial charge in [-0.1, -0.05) is 42.8 Å². The number of anilines is 1. The van der Waals surface area contributed by atoms with Crippen molar-refractivity contribution >= 4 is 29.3 Å². The highest BCUT2D eigenvalue weighted by Crippen LogP contribution is 2.12. The van der Waals surface area contributed by atoms with Crippen LogP contribution in [-0.2, 0) is 24.3 Å². The van der Waals surface area contributed by atoms with Crippen molar-refractivity contribution in [1.29, 1.82) is 0 Å². The molecule has 0 atom stereocenters. The van der Waals surface area contributed by atoms with Crippen molar-refractivity contribution in [3.8, 4) is 0 Å². The number of benzene rings is 3. The fourth-order valence-corrected chi connectivity index (χ4v) is 4.43. The third kappa shape index (κ3) is 12.4. The molecular formula is C34H44N6O4. The first-order valence-corrected chi connectivity index (χ1v) is 15.2. The average molecular weight is 601 g/mol. The van der Waals surface area contributed by atoms with Crippen LogP contribution in [0.15, 0.2) is 72.8 Å². The molecule has 0 saturated carbocycles. The molecule has 10 nitrogen and oxygen atoms in total. The molecule has 0 radical (unpaired) electrons. The minimum absolute atomic E-state index is 0.222. The molecule has 0 aliphatic heterocycles. The molecule has 0 fully saturated rings. The third-order valence-corrected chi connectivity index (χ3v) is 7.03. The van der Waals surface area contributed by atoms with E-state index in [-0.39, 0.29) is 23.6 Å². The number of rotatable bonds is 18. The monoisotopic (exact) mass is 600 g/mol. The van der Waals surface area contributed by atoms with Gasteiger partial charge >= 0.3 is 6.03 Å². The van der Waals surface area contributed by atoms with Crippen LogP contribution >= 0.6 is 0 Å². The van der Waals surface area contributed by atoms with Crippen LogP contribution in [0.2, 0.25) is 0 Å². The maximum Gasteiger partial charge on any atom is 0.319 e. The van der Waals surface area contributed by atoms with E-state index >= 15 is 0 Å². The average Bonchev–Trinajstić information content (AvgIpc) is 3.04. The van der Waals surface area contributed by atoms with E-state index in [1.165, 1.54) is 0 Å². The summed E-state index contributed by atoms with van der Waals surface area (Å²) in [7, 11) is 0. The van der Waals surface area contributed by atoms with Crippen molar-refractivity contribution in [2.24, 2.45) is 11.5 Å². The first-order valence-electron chi connectivity index (χ1n) is 15.2. The maximum atomic E-state index is 12.6. The molecule has 8 N–H and O–H groups in total. The molecule has 3 aromatic carbocycles. The lowest BCUT2D eigenvalue weighted by molar-refractivity contribution is -0.118. The predicted molar refractivity (Wildman–Crippen MR) is 173 cm³/mol. The zero-order valence-electron chi connectivity index (χ0n) is 25.2. The van der Waals surface area contributed by atoms with Gasteiger partial charge in [0, 0.05) is 49.3 Å². The van der Waals surface area contributed by atoms with Gasteiger partial charge in [-0.25, -0.2) is 4.79 Å². The lowest BCUT2D eigenvalue weighted by Crippen LogP contribution is -2.29. The molecule has 0 saturated heterocycles. The molecule has 0 spiro atoms. The number of amides is 4. The molecule has 44 heavy (non-hydrogen) atoms. The van der Waals surface area contributed by atoms with Crippen molar-refractivity contribution in [3.63, 3.8) is 0 Å². The van der Waals surface area contributed by atoms with E-state index in [0.29, 0.717) is 62.4 Å². The molecule has 0 heterocycles. The Morgan fingerprint density at radius 1 is 0.545 bits per heavy atom. The fraction of sp³-hybridized carbons (Fsp3) is 0.353. The molecule has 0 aliphatic carbocycles. The highest BCUT2D eigenvalue weighted by Gasteiger charge is 2.10. The summed E-state index contributed by atoms with van der Waals surface area (Å²) in [5.41, 5.74) is 15.2. The summed E-state index contributed by atoms with van der Waals surface area (Å²) >= 11 is 0. The van der Waals surface area contributed by atoms with E-state index < -0.39 is 0 Å². The highest BCUT2D eigenvalue weighted by molar-refractivity contribution is 5.97. The van der Waals surface area contributed by atoms with E-state index in [1.54, 1.807) is 36.4 Å². The van der Waals surface area contributed by atoms with Crippen LogP contribution in [0, 0.1) is 0 Å². The van der Waals surface area contributed by atoms with Gasteiger partial charge in [0.1, 0.15) is 5.78 Å². The minimum atomic E-state index is -0.274. The first-order chi connectivity index (χ1) is 21.4. The van der Waals surface area contributed by atoms with E-state index in [1.807, 2.05) is 36.4 Å². The Morgan fingerprint density at radius 3 is 1.59 bits per heavy atom. The number of ketones is 1. The van der Waals surface area contributed by atoms with Gasteiger partial charge in [0.25, 0.3) is 11.8 Å². The van der Waals surface area contributed by atoms with Crippen LogP contribution in [0.4, 0.5) is 10.5 Å². The van der Waals surface area contributed by atoms with Gasteiger partial charge < -0.3 is 32.7 Å². The number of hydrogen-bond donors (Lipinski definition) is 6. The SMILES string of the molecule is NCCCCCC(=O)Cc1ccc(CNC(=O)c2ccc(C(=O)NCc3ccc(NC(=O)NCCCCN)cc3)cc2)cc1. The largest absolute Gasteiger partial charge is 0.348 e. The van der Waals surface area contributed by atoms with Crippen LogP contribution < -0.4 is 32.7 Å². The van der Waals surface area contributed by atoms with Crippen LogP contribution in [0.25, 0.3) is 0 Å².